The van der Waals surface area contributed by atoms with E-state index in [4.69, 9.17) is 0 Å². The van der Waals surface area contributed by atoms with Crippen molar-refractivity contribution in [1.82, 2.24) is 15.5 Å². The number of hydrogen-bond acceptors (Lipinski definition) is 6. The maximum Gasteiger partial charge on any atom is 0.305 e. The summed E-state index contributed by atoms with van der Waals surface area (Å²) in [5.74, 6) is -2.66. The number of aliphatic hydroxyl groups excluding tert-OH is 1. The summed E-state index contributed by atoms with van der Waals surface area (Å²) in [6.45, 7) is 9.90. The molecule has 0 aromatic rings. The lowest BCUT2D eigenvalue weighted by Crippen LogP contribution is -2.66. The molecule has 26 heavy (non-hydrogen) atoms. The number of amides is 1. The van der Waals surface area contributed by atoms with Gasteiger partial charge in [0, 0.05) is 17.1 Å². The first-order valence-electron chi connectivity index (χ1n) is 8.59. The lowest BCUT2D eigenvalue weighted by molar-refractivity contribution is -0.152. The molecule has 0 saturated carbocycles. The standard InChI is InChI=1S/C17H33N3O6/c1-11(2)18-10-19-15(26)12(9-21)20(16(3,4)7-13(22)23)17(5,6)8-14(24)25/h11-12,18,21H,7-10H2,1-6H3,(H,19,26)(H,22,23)(H,24,25)/t12-/m0/s1. The van der Waals surface area contributed by atoms with E-state index in [-0.39, 0.29) is 25.6 Å². The Morgan fingerprint density at radius 2 is 1.38 bits per heavy atom. The Morgan fingerprint density at radius 3 is 1.69 bits per heavy atom. The Hall–Kier alpha value is -1.71. The zero-order valence-electron chi connectivity index (χ0n) is 16.5. The van der Waals surface area contributed by atoms with Crippen LogP contribution in [-0.2, 0) is 14.4 Å². The molecule has 0 unspecified atom stereocenters. The van der Waals surface area contributed by atoms with Gasteiger partial charge in [-0.1, -0.05) is 0 Å². The molecule has 9 nitrogen and oxygen atoms in total. The molecule has 1 amide bonds. The van der Waals surface area contributed by atoms with Crippen molar-refractivity contribution in [1.29, 1.82) is 0 Å². The molecule has 0 aromatic heterocycles. The van der Waals surface area contributed by atoms with Gasteiger partial charge in [-0.3, -0.25) is 24.6 Å². The smallest absolute Gasteiger partial charge is 0.305 e. The van der Waals surface area contributed by atoms with E-state index in [0.717, 1.165) is 0 Å². The predicted molar refractivity (Wildman–Crippen MR) is 96.7 cm³/mol. The van der Waals surface area contributed by atoms with Gasteiger partial charge in [0.1, 0.15) is 6.04 Å². The van der Waals surface area contributed by atoms with Crippen LogP contribution in [0.3, 0.4) is 0 Å². The minimum Gasteiger partial charge on any atom is -0.481 e. The lowest BCUT2D eigenvalue weighted by atomic mass is 9.86. The minimum atomic E-state index is -1.09. The van der Waals surface area contributed by atoms with Crippen molar-refractivity contribution in [2.75, 3.05) is 13.3 Å². The van der Waals surface area contributed by atoms with Crippen LogP contribution in [0.2, 0.25) is 0 Å². The van der Waals surface area contributed by atoms with E-state index in [2.05, 4.69) is 10.6 Å². The van der Waals surface area contributed by atoms with Gasteiger partial charge in [0.2, 0.25) is 5.91 Å². The quantitative estimate of drug-likeness (QED) is 0.305. The average molecular weight is 375 g/mol. The number of carboxylic acids is 2. The molecule has 0 rings (SSSR count). The van der Waals surface area contributed by atoms with E-state index >= 15 is 0 Å². The number of aliphatic hydroxyl groups is 1. The molecule has 0 bridgehead atoms. The Balaban J connectivity index is 5.74. The highest BCUT2D eigenvalue weighted by atomic mass is 16.4. The van der Waals surface area contributed by atoms with Gasteiger partial charge < -0.3 is 20.6 Å². The second-order valence-electron chi connectivity index (χ2n) is 7.91. The summed E-state index contributed by atoms with van der Waals surface area (Å²) in [5.41, 5.74) is -2.14. The van der Waals surface area contributed by atoms with Crippen LogP contribution < -0.4 is 10.6 Å². The van der Waals surface area contributed by atoms with Crippen LogP contribution in [0.4, 0.5) is 0 Å². The highest BCUT2D eigenvalue weighted by molar-refractivity contribution is 5.82. The number of nitrogens with zero attached hydrogens (tertiary/aromatic N) is 1. The minimum absolute atomic E-state index is 0.144. The molecule has 0 aliphatic heterocycles. The second-order valence-corrected chi connectivity index (χ2v) is 7.91. The van der Waals surface area contributed by atoms with Crippen LogP contribution in [0, 0.1) is 0 Å². The molecule has 0 aliphatic rings. The zero-order valence-corrected chi connectivity index (χ0v) is 16.5. The maximum atomic E-state index is 12.6. The molecule has 0 radical (unpaired) electrons. The van der Waals surface area contributed by atoms with Crippen LogP contribution in [0.1, 0.15) is 54.4 Å². The highest BCUT2D eigenvalue weighted by Crippen LogP contribution is 2.33. The summed E-state index contributed by atoms with van der Waals surface area (Å²) in [5, 5.41) is 34.0. The molecular formula is C17H33N3O6. The van der Waals surface area contributed by atoms with Gasteiger partial charge in [-0.15, -0.1) is 0 Å². The fraction of sp³-hybridized carbons (Fsp3) is 0.824. The van der Waals surface area contributed by atoms with Gasteiger partial charge in [-0.05, 0) is 41.5 Å². The monoisotopic (exact) mass is 375 g/mol. The Morgan fingerprint density at radius 1 is 0.962 bits per heavy atom. The van der Waals surface area contributed by atoms with E-state index < -0.39 is 41.6 Å². The fourth-order valence-electron chi connectivity index (χ4n) is 3.32. The summed E-state index contributed by atoms with van der Waals surface area (Å²) < 4.78 is 0. The van der Waals surface area contributed by atoms with Gasteiger partial charge in [0.15, 0.2) is 0 Å². The molecule has 9 heteroatoms. The number of hydrogen-bond donors (Lipinski definition) is 5. The molecule has 0 saturated heterocycles. The third-order valence-electron chi connectivity index (χ3n) is 4.03. The van der Waals surface area contributed by atoms with Gasteiger partial charge in [-0.25, -0.2) is 0 Å². The summed E-state index contributed by atoms with van der Waals surface area (Å²) in [6.07, 6.45) is -0.631. The van der Waals surface area contributed by atoms with E-state index in [1.165, 1.54) is 4.90 Å². The normalized spacial score (nSPS) is 13.7. The van der Waals surface area contributed by atoms with Crippen molar-refractivity contribution < 1.29 is 29.7 Å². The molecule has 0 fully saturated rings. The molecule has 0 spiro atoms. The Bertz CT molecular complexity index is 477. The third kappa shape index (κ3) is 7.67. The first kappa shape index (κ1) is 24.3. The van der Waals surface area contributed by atoms with Crippen molar-refractivity contribution in [2.45, 2.75) is 77.5 Å². The highest BCUT2D eigenvalue weighted by Gasteiger charge is 2.46. The second kappa shape index (κ2) is 9.84. The van der Waals surface area contributed by atoms with Crippen molar-refractivity contribution in [3.63, 3.8) is 0 Å². The van der Waals surface area contributed by atoms with Gasteiger partial charge in [0.25, 0.3) is 0 Å². The summed E-state index contributed by atoms with van der Waals surface area (Å²) >= 11 is 0. The van der Waals surface area contributed by atoms with Crippen LogP contribution >= 0.6 is 0 Å². The van der Waals surface area contributed by atoms with E-state index in [1.807, 2.05) is 13.8 Å². The number of carboxylic acid groups (broad SMARTS) is 2. The molecule has 0 aromatic carbocycles. The Kier molecular flexibility index (Phi) is 9.19. The summed E-state index contributed by atoms with van der Waals surface area (Å²) in [6, 6.07) is -0.946. The van der Waals surface area contributed by atoms with E-state index in [1.54, 1.807) is 27.7 Å². The van der Waals surface area contributed by atoms with Gasteiger partial charge in [0.05, 0.1) is 26.1 Å². The number of aliphatic carboxylic acids is 2. The average Bonchev–Trinajstić information content (AvgIpc) is 2.40. The Labute approximate surface area is 154 Å². The van der Waals surface area contributed by atoms with Crippen LogP contribution in [0.5, 0.6) is 0 Å². The number of rotatable bonds is 12. The summed E-state index contributed by atoms with van der Waals surface area (Å²) in [4.78, 5) is 36.7. The number of nitrogens with one attached hydrogen (secondary N) is 2. The zero-order chi connectivity index (χ0) is 20.7. The van der Waals surface area contributed by atoms with Crippen LogP contribution in [0.25, 0.3) is 0 Å². The molecule has 152 valence electrons. The van der Waals surface area contributed by atoms with Crippen molar-refractivity contribution in [3.05, 3.63) is 0 Å². The molecule has 5 N–H and O–H groups in total. The maximum absolute atomic E-state index is 12.6. The van der Waals surface area contributed by atoms with Gasteiger partial charge >= 0.3 is 11.9 Å². The predicted octanol–water partition coefficient (Wildman–Crippen LogP) is 0.228. The molecule has 1 atom stereocenters. The van der Waals surface area contributed by atoms with Crippen LogP contribution in [0.15, 0.2) is 0 Å². The van der Waals surface area contributed by atoms with Crippen molar-refractivity contribution >= 4 is 17.8 Å². The van der Waals surface area contributed by atoms with Crippen molar-refractivity contribution in [2.24, 2.45) is 0 Å². The first-order valence-corrected chi connectivity index (χ1v) is 8.59. The molecule has 0 aliphatic carbocycles. The third-order valence-corrected chi connectivity index (χ3v) is 4.03. The van der Waals surface area contributed by atoms with E-state index in [0.29, 0.717) is 0 Å². The summed E-state index contributed by atoms with van der Waals surface area (Å²) in [7, 11) is 0. The topological polar surface area (TPSA) is 139 Å². The van der Waals surface area contributed by atoms with Crippen molar-refractivity contribution in [3.8, 4) is 0 Å². The largest absolute Gasteiger partial charge is 0.481 e. The van der Waals surface area contributed by atoms with Crippen LogP contribution in [-0.4, -0.2) is 74.5 Å². The fourth-order valence-corrected chi connectivity index (χ4v) is 3.32. The van der Waals surface area contributed by atoms with E-state index in [9.17, 15) is 29.7 Å². The molecule has 0 heterocycles. The SMILES string of the molecule is CC(C)NCNC(=O)[C@H](CO)N(C(C)(C)CC(=O)O)C(C)(C)CC(=O)O. The number of carbonyl (C=O) groups is 3. The molecular weight excluding hydrogens is 342 g/mol. The van der Waals surface area contributed by atoms with Gasteiger partial charge in [-0.2, -0.15) is 0 Å². The first-order chi connectivity index (χ1) is 11.7. The lowest BCUT2D eigenvalue weighted by Gasteiger charge is -2.50. The number of carbonyl (C=O) groups excluding carboxylic acids is 1.